The molecule has 1 heterocycles. The monoisotopic (exact) mass is 263 g/mol. The Labute approximate surface area is 105 Å². The lowest BCUT2D eigenvalue weighted by Crippen LogP contribution is -2.28. The highest BCUT2D eigenvalue weighted by atomic mass is 35.5. The Morgan fingerprint density at radius 3 is 2.50 bits per heavy atom. The van der Waals surface area contributed by atoms with Crippen LogP contribution in [0, 0.1) is 0 Å². The zero-order valence-corrected chi connectivity index (χ0v) is 10.9. The number of rotatable bonds is 6. The van der Waals surface area contributed by atoms with Crippen molar-refractivity contribution in [1.29, 1.82) is 0 Å². The lowest BCUT2D eigenvalue weighted by atomic mass is 10.4. The molecular weight excluding hydrogens is 249 g/mol. The molecule has 0 aromatic carbocycles. The van der Waals surface area contributed by atoms with Gasteiger partial charge in [0.05, 0.1) is 0 Å². The molecule has 1 aromatic heterocycles. The number of anilines is 1. The molecule has 0 aliphatic carbocycles. The summed E-state index contributed by atoms with van der Waals surface area (Å²) in [6.07, 6.45) is 0. The molecule has 0 unspecified atom stereocenters. The summed E-state index contributed by atoms with van der Waals surface area (Å²) in [5, 5.41) is 10.6. The van der Waals surface area contributed by atoms with Crippen LogP contribution in [0.5, 0.6) is 0 Å². The second-order valence-corrected chi connectivity index (χ2v) is 3.87. The molecule has 0 amide bonds. The van der Waals surface area contributed by atoms with E-state index in [2.05, 4.69) is 39.2 Å². The van der Waals surface area contributed by atoms with Crippen molar-refractivity contribution in [2.75, 3.05) is 31.5 Å². The van der Waals surface area contributed by atoms with E-state index in [9.17, 15) is 0 Å². The fourth-order valence-electron chi connectivity index (χ4n) is 1.28. The fourth-order valence-corrected chi connectivity index (χ4v) is 1.55. The van der Waals surface area contributed by atoms with Crippen molar-refractivity contribution in [3.8, 4) is 0 Å². The molecule has 0 aliphatic rings. The number of hydrogen-bond donors (Lipinski definition) is 1. The van der Waals surface area contributed by atoms with E-state index in [-0.39, 0.29) is 10.4 Å². The lowest BCUT2D eigenvalue weighted by Gasteiger charge is -2.18. The van der Waals surface area contributed by atoms with Gasteiger partial charge in [-0.2, -0.15) is 4.98 Å². The highest BCUT2D eigenvalue weighted by Crippen LogP contribution is 2.15. The number of nitrogens with one attached hydrogen (secondary N) is 1. The van der Waals surface area contributed by atoms with Gasteiger partial charge in [0.2, 0.25) is 5.28 Å². The van der Waals surface area contributed by atoms with Gasteiger partial charge in [-0.1, -0.05) is 25.4 Å². The summed E-state index contributed by atoms with van der Waals surface area (Å²) >= 11 is 11.4. The van der Waals surface area contributed by atoms with Crippen LogP contribution in [0.3, 0.4) is 0 Å². The second-order valence-electron chi connectivity index (χ2n) is 3.17. The van der Waals surface area contributed by atoms with E-state index in [0.29, 0.717) is 5.82 Å². The largest absolute Gasteiger partial charge is 0.366 e. The number of likely N-dealkylation sites (N-methyl/N-ethyl adjacent to an activating group) is 1. The molecule has 0 fully saturated rings. The minimum atomic E-state index is 0.0924. The Morgan fingerprint density at radius 2 is 1.88 bits per heavy atom. The van der Waals surface area contributed by atoms with E-state index in [4.69, 9.17) is 23.2 Å². The summed E-state index contributed by atoms with van der Waals surface area (Å²) in [7, 11) is 0. The number of aromatic nitrogens is 3. The van der Waals surface area contributed by atoms with Crippen LogP contribution in [0.1, 0.15) is 13.8 Å². The first-order valence-electron chi connectivity index (χ1n) is 5.19. The smallest absolute Gasteiger partial charge is 0.245 e. The third kappa shape index (κ3) is 4.08. The summed E-state index contributed by atoms with van der Waals surface area (Å²) in [6, 6.07) is 0. The lowest BCUT2D eigenvalue weighted by molar-refractivity contribution is 0.316. The molecule has 0 aliphatic heterocycles. The van der Waals surface area contributed by atoms with Crippen molar-refractivity contribution in [1.82, 2.24) is 20.1 Å². The first-order valence-corrected chi connectivity index (χ1v) is 5.94. The van der Waals surface area contributed by atoms with Crippen LogP contribution in [-0.2, 0) is 0 Å². The van der Waals surface area contributed by atoms with Crippen molar-refractivity contribution in [2.45, 2.75) is 13.8 Å². The van der Waals surface area contributed by atoms with Crippen molar-refractivity contribution in [3.05, 3.63) is 10.4 Å². The Hall–Kier alpha value is -0.650. The minimum absolute atomic E-state index is 0.0924. The van der Waals surface area contributed by atoms with Gasteiger partial charge in [-0.05, 0) is 24.7 Å². The quantitative estimate of drug-likeness (QED) is 0.850. The second kappa shape index (κ2) is 6.83. The van der Waals surface area contributed by atoms with Crippen LogP contribution in [0.4, 0.5) is 5.82 Å². The third-order valence-corrected chi connectivity index (χ3v) is 2.65. The van der Waals surface area contributed by atoms with Crippen LogP contribution >= 0.6 is 23.2 Å². The number of hydrogen-bond acceptors (Lipinski definition) is 5. The molecule has 0 radical (unpaired) electrons. The molecule has 0 saturated carbocycles. The normalized spacial score (nSPS) is 10.8. The highest BCUT2D eigenvalue weighted by molar-refractivity contribution is 6.32. The maximum atomic E-state index is 5.81. The molecule has 1 aromatic rings. The van der Waals surface area contributed by atoms with Gasteiger partial charge < -0.3 is 10.2 Å². The van der Waals surface area contributed by atoms with Gasteiger partial charge in [-0.3, -0.25) is 0 Å². The van der Waals surface area contributed by atoms with Crippen molar-refractivity contribution in [3.63, 3.8) is 0 Å². The highest BCUT2D eigenvalue weighted by Gasteiger charge is 2.05. The van der Waals surface area contributed by atoms with E-state index in [1.54, 1.807) is 0 Å². The first kappa shape index (κ1) is 13.4. The van der Waals surface area contributed by atoms with Gasteiger partial charge in [0.25, 0.3) is 0 Å². The molecule has 1 N–H and O–H groups in total. The predicted octanol–water partition coefficient (Wildman–Crippen LogP) is 1.93. The van der Waals surface area contributed by atoms with E-state index in [0.717, 1.165) is 26.2 Å². The number of halogens is 2. The number of nitrogens with zero attached hydrogens (tertiary/aromatic N) is 4. The van der Waals surface area contributed by atoms with E-state index in [1.807, 2.05) is 0 Å². The molecule has 90 valence electrons. The Balaban J connectivity index is 2.45. The summed E-state index contributed by atoms with van der Waals surface area (Å²) < 4.78 is 0. The topological polar surface area (TPSA) is 53.9 Å². The summed E-state index contributed by atoms with van der Waals surface area (Å²) in [6.45, 7) is 7.96. The molecular formula is C9H15Cl2N5. The summed E-state index contributed by atoms with van der Waals surface area (Å²) in [4.78, 5) is 6.24. The molecule has 0 bridgehead atoms. The Morgan fingerprint density at radius 1 is 1.19 bits per heavy atom. The van der Waals surface area contributed by atoms with Crippen LogP contribution in [0.2, 0.25) is 10.4 Å². The van der Waals surface area contributed by atoms with Gasteiger partial charge in [0.1, 0.15) is 0 Å². The maximum absolute atomic E-state index is 5.81. The molecule has 5 nitrogen and oxygen atoms in total. The van der Waals surface area contributed by atoms with Gasteiger partial charge in [0, 0.05) is 13.1 Å². The van der Waals surface area contributed by atoms with E-state index < -0.39 is 0 Å². The molecule has 0 atom stereocenters. The van der Waals surface area contributed by atoms with Crippen LogP contribution in [0.15, 0.2) is 0 Å². The molecule has 0 saturated heterocycles. The van der Waals surface area contributed by atoms with Gasteiger partial charge in [-0.25, -0.2) is 0 Å². The Bertz CT molecular complexity index is 330. The van der Waals surface area contributed by atoms with E-state index >= 15 is 0 Å². The zero-order chi connectivity index (χ0) is 12.0. The predicted molar refractivity (Wildman–Crippen MR) is 66.1 cm³/mol. The Kier molecular flexibility index (Phi) is 5.73. The van der Waals surface area contributed by atoms with Crippen molar-refractivity contribution < 1.29 is 0 Å². The molecule has 7 heteroatoms. The van der Waals surface area contributed by atoms with E-state index in [1.165, 1.54) is 0 Å². The first-order chi connectivity index (χ1) is 7.67. The SMILES string of the molecule is CCN(CC)CCNc1nc(Cl)nnc1Cl. The van der Waals surface area contributed by atoms with Crippen molar-refractivity contribution >= 4 is 29.0 Å². The molecule has 16 heavy (non-hydrogen) atoms. The van der Waals surface area contributed by atoms with Gasteiger partial charge in [0.15, 0.2) is 11.0 Å². The van der Waals surface area contributed by atoms with Crippen LogP contribution in [0.25, 0.3) is 0 Å². The minimum Gasteiger partial charge on any atom is -0.366 e. The third-order valence-electron chi connectivity index (χ3n) is 2.23. The molecule has 1 rings (SSSR count). The standard InChI is InChI=1S/C9H15Cl2N5/c1-3-16(4-2)6-5-12-8-7(10)14-15-9(11)13-8/h3-6H2,1-2H3,(H,12,13,15). The summed E-state index contributed by atoms with van der Waals surface area (Å²) in [5.74, 6) is 0.480. The average molecular weight is 264 g/mol. The van der Waals surface area contributed by atoms with Crippen LogP contribution in [-0.4, -0.2) is 46.3 Å². The summed E-state index contributed by atoms with van der Waals surface area (Å²) in [5.41, 5.74) is 0. The van der Waals surface area contributed by atoms with Crippen LogP contribution < -0.4 is 5.32 Å². The van der Waals surface area contributed by atoms with Gasteiger partial charge in [-0.15, -0.1) is 10.2 Å². The fraction of sp³-hybridized carbons (Fsp3) is 0.667. The van der Waals surface area contributed by atoms with Crippen molar-refractivity contribution in [2.24, 2.45) is 0 Å². The maximum Gasteiger partial charge on any atom is 0.245 e. The molecule has 0 spiro atoms. The average Bonchev–Trinajstić information content (AvgIpc) is 2.29. The zero-order valence-electron chi connectivity index (χ0n) is 9.37. The van der Waals surface area contributed by atoms with Gasteiger partial charge >= 0.3 is 0 Å².